The molecule has 106 valence electrons. The molecule has 0 spiro atoms. The first kappa shape index (κ1) is 14.3. The van der Waals surface area contributed by atoms with Crippen LogP contribution in [-0.2, 0) is 4.74 Å². The molecule has 0 aliphatic heterocycles. The van der Waals surface area contributed by atoms with Crippen molar-refractivity contribution < 1.29 is 4.74 Å². The van der Waals surface area contributed by atoms with Gasteiger partial charge in [-0.05, 0) is 31.1 Å². The Morgan fingerprint density at radius 2 is 1.89 bits per heavy atom. The van der Waals surface area contributed by atoms with Crippen LogP contribution >= 0.6 is 0 Å². The fraction of sp³-hybridized carbons (Fsp3) is 1.00. The van der Waals surface area contributed by atoms with Crippen molar-refractivity contribution in [2.24, 2.45) is 17.6 Å². The molecule has 0 saturated heterocycles. The molecule has 2 heteroatoms. The molecule has 0 aromatic carbocycles. The van der Waals surface area contributed by atoms with E-state index in [1.165, 1.54) is 57.8 Å². The molecule has 2 aliphatic carbocycles. The molecule has 3 unspecified atom stereocenters. The highest BCUT2D eigenvalue weighted by molar-refractivity contribution is 4.96. The van der Waals surface area contributed by atoms with Crippen LogP contribution in [0.4, 0.5) is 0 Å². The second kappa shape index (κ2) is 6.38. The third kappa shape index (κ3) is 3.27. The Morgan fingerprint density at radius 3 is 2.50 bits per heavy atom. The summed E-state index contributed by atoms with van der Waals surface area (Å²) in [4.78, 5) is 0. The predicted molar refractivity (Wildman–Crippen MR) is 76.5 cm³/mol. The lowest BCUT2D eigenvalue weighted by Crippen LogP contribution is -2.53. The van der Waals surface area contributed by atoms with Crippen molar-refractivity contribution >= 4 is 0 Å². The van der Waals surface area contributed by atoms with Gasteiger partial charge < -0.3 is 10.5 Å². The van der Waals surface area contributed by atoms with E-state index in [1.807, 2.05) is 7.11 Å². The lowest BCUT2D eigenvalue weighted by Gasteiger charge is -2.44. The maximum atomic E-state index is 6.56. The van der Waals surface area contributed by atoms with Gasteiger partial charge in [0, 0.05) is 13.2 Å². The fourth-order valence-corrected chi connectivity index (χ4v) is 4.21. The maximum Gasteiger partial charge on any atom is 0.0831 e. The summed E-state index contributed by atoms with van der Waals surface area (Å²) in [5, 5.41) is 0. The van der Waals surface area contributed by atoms with Gasteiger partial charge in [-0.1, -0.05) is 51.9 Å². The van der Waals surface area contributed by atoms with Gasteiger partial charge >= 0.3 is 0 Å². The summed E-state index contributed by atoms with van der Waals surface area (Å²) in [5.74, 6) is 1.63. The highest BCUT2D eigenvalue weighted by Gasteiger charge is 2.41. The standard InChI is InChI=1S/C16H31NO/c1-13-7-6-10-16(12-13,18-2)15(17)11-14-8-4-3-5-9-14/h13-15H,3-12,17H2,1-2H3. The predicted octanol–water partition coefficient (Wildman–Crippen LogP) is 3.88. The molecular weight excluding hydrogens is 222 g/mol. The zero-order valence-electron chi connectivity index (χ0n) is 12.3. The van der Waals surface area contributed by atoms with Gasteiger partial charge in [-0.3, -0.25) is 0 Å². The highest BCUT2D eigenvalue weighted by Crippen LogP contribution is 2.39. The number of nitrogens with two attached hydrogens (primary N) is 1. The zero-order valence-corrected chi connectivity index (χ0v) is 12.3. The molecule has 0 amide bonds. The molecule has 0 heterocycles. The van der Waals surface area contributed by atoms with Gasteiger partial charge in [-0.2, -0.15) is 0 Å². The Labute approximate surface area is 113 Å². The third-order valence-corrected chi connectivity index (χ3v) is 5.39. The van der Waals surface area contributed by atoms with E-state index in [2.05, 4.69) is 6.92 Å². The van der Waals surface area contributed by atoms with Crippen LogP contribution in [0.15, 0.2) is 0 Å². The van der Waals surface area contributed by atoms with Crippen molar-refractivity contribution in [1.82, 2.24) is 0 Å². The molecule has 3 atom stereocenters. The minimum absolute atomic E-state index is 0.0187. The number of ether oxygens (including phenoxy) is 1. The highest BCUT2D eigenvalue weighted by atomic mass is 16.5. The largest absolute Gasteiger partial charge is 0.377 e. The molecule has 2 fully saturated rings. The van der Waals surface area contributed by atoms with Crippen LogP contribution in [0.2, 0.25) is 0 Å². The minimum Gasteiger partial charge on any atom is -0.377 e. The first-order valence-corrected chi connectivity index (χ1v) is 7.97. The second-order valence-electron chi connectivity index (χ2n) is 6.82. The minimum atomic E-state index is -0.0187. The first-order valence-electron chi connectivity index (χ1n) is 7.97. The molecule has 0 aromatic heterocycles. The Morgan fingerprint density at radius 1 is 1.17 bits per heavy atom. The van der Waals surface area contributed by atoms with Crippen LogP contribution in [-0.4, -0.2) is 18.8 Å². The van der Waals surface area contributed by atoms with E-state index in [0.29, 0.717) is 0 Å². The molecule has 2 rings (SSSR count). The van der Waals surface area contributed by atoms with Crippen LogP contribution in [0.3, 0.4) is 0 Å². The van der Waals surface area contributed by atoms with Gasteiger partial charge in [0.05, 0.1) is 5.60 Å². The van der Waals surface area contributed by atoms with Crippen molar-refractivity contribution in [2.75, 3.05) is 7.11 Å². The fourth-order valence-electron chi connectivity index (χ4n) is 4.21. The summed E-state index contributed by atoms with van der Waals surface area (Å²) in [6, 6.07) is 0.244. The summed E-state index contributed by atoms with van der Waals surface area (Å²) in [7, 11) is 1.87. The van der Waals surface area contributed by atoms with Crippen LogP contribution in [0, 0.1) is 11.8 Å². The average molecular weight is 253 g/mol. The van der Waals surface area contributed by atoms with Gasteiger partial charge in [-0.25, -0.2) is 0 Å². The molecule has 2 nitrogen and oxygen atoms in total. The second-order valence-corrected chi connectivity index (χ2v) is 6.82. The monoisotopic (exact) mass is 253 g/mol. The van der Waals surface area contributed by atoms with Crippen LogP contribution in [0.25, 0.3) is 0 Å². The van der Waals surface area contributed by atoms with Crippen LogP contribution in [0.1, 0.15) is 71.1 Å². The topological polar surface area (TPSA) is 35.2 Å². The molecule has 2 saturated carbocycles. The number of methoxy groups -OCH3 is 1. The van der Waals surface area contributed by atoms with E-state index < -0.39 is 0 Å². The Bertz CT molecular complexity index is 249. The van der Waals surface area contributed by atoms with E-state index in [4.69, 9.17) is 10.5 Å². The average Bonchev–Trinajstić information content (AvgIpc) is 2.39. The van der Waals surface area contributed by atoms with E-state index >= 15 is 0 Å². The molecule has 2 N–H and O–H groups in total. The summed E-state index contributed by atoms with van der Waals surface area (Å²) in [6.45, 7) is 2.35. The third-order valence-electron chi connectivity index (χ3n) is 5.39. The summed E-state index contributed by atoms with van der Waals surface area (Å²) >= 11 is 0. The van der Waals surface area contributed by atoms with Crippen LogP contribution < -0.4 is 5.73 Å². The van der Waals surface area contributed by atoms with E-state index in [0.717, 1.165) is 18.3 Å². The molecule has 0 radical (unpaired) electrons. The normalized spacial score (nSPS) is 36.5. The van der Waals surface area contributed by atoms with Crippen molar-refractivity contribution in [1.29, 1.82) is 0 Å². The maximum absolute atomic E-state index is 6.56. The lowest BCUT2D eigenvalue weighted by molar-refractivity contribution is -0.0758. The number of hydrogen-bond donors (Lipinski definition) is 1. The molecule has 0 aromatic rings. The number of rotatable bonds is 4. The Balaban J connectivity index is 1.93. The van der Waals surface area contributed by atoms with Gasteiger partial charge in [0.25, 0.3) is 0 Å². The van der Waals surface area contributed by atoms with Crippen molar-refractivity contribution in [2.45, 2.75) is 82.8 Å². The Hall–Kier alpha value is -0.0800. The number of hydrogen-bond acceptors (Lipinski definition) is 2. The first-order chi connectivity index (χ1) is 8.66. The van der Waals surface area contributed by atoms with E-state index in [9.17, 15) is 0 Å². The van der Waals surface area contributed by atoms with Gasteiger partial charge in [-0.15, -0.1) is 0 Å². The van der Waals surface area contributed by atoms with Gasteiger partial charge in [0.15, 0.2) is 0 Å². The Kier molecular flexibility index (Phi) is 5.08. The SMILES string of the molecule is COC1(C(N)CC2CCCCC2)CCCC(C)C1. The molecular formula is C16H31NO. The van der Waals surface area contributed by atoms with E-state index in [1.54, 1.807) is 0 Å². The summed E-state index contributed by atoms with van der Waals surface area (Å²) < 4.78 is 5.93. The van der Waals surface area contributed by atoms with E-state index in [-0.39, 0.29) is 11.6 Å². The van der Waals surface area contributed by atoms with Gasteiger partial charge in [0.2, 0.25) is 0 Å². The molecule has 2 aliphatic rings. The summed E-state index contributed by atoms with van der Waals surface area (Å²) in [6.07, 6.45) is 13.2. The molecule has 18 heavy (non-hydrogen) atoms. The molecule has 0 bridgehead atoms. The van der Waals surface area contributed by atoms with Crippen molar-refractivity contribution in [3.05, 3.63) is 0 Å². The lowest BCUT2D eigenvalue weighted by atomic mass is 9.71. The van der Waals surface area contributed by atoms with Crippen molar-refractivity contribution in [3.8, 4) is 0 Å². The van der Waals surface area contributed by atoms with Gasteiger partial charge in [0.1, 0.15) is 0 Å². The zero-order chi connectivity index (χ0) is 13.0. The quantitative estimate of drug-likeness (QED) is 0.825. The summed E-state index contributed by atoms with van der Waals surface area (Å²) in [5.41, 5.74) is 6.54. The van der Waals surface area contributed by atoms with Crippen LogP contribution in [0.5, 0.6) is 0 Å². The smallest absolute Gasteiger partial charge is 0.0831 e. The van der Waals surface area contributed by atoms with Crippen molar-refractivity contribution in [3.63, 3.8) is 0 Å².